The van der Waals surface area contributed by atoms with E-state index < -0.39 is 26.2 Å². The summed E-state index contributed by atoms with van der Waals surface area (Å²) in [6.07, 6.45) is 0. The Kier molecular flexibility index (Phi) is 6.32. The molecule has 25 heavy (non-hydrogen) atoms. The summed E-state index contributed by atoms with van der Waals surface area (Å²) in [6, 6.07) is 6.82. The van der Waals surface area contributed by atoms with E-state index in [1.54, 1.807) is 24.3 Å². The van der Waals surface area contributed by atoms with Crippen molar-refractivity contribution in [1.82, 2.24) is 0 Å². The molecule has 1 rings (SSSR count). The fraction of sp³-hybridized carbons (Fsp3) is 0.526. The number of benzene rings is 1. The molecular weight excluding hydrogens is 362 g/mol. The van der Waals surface area contributed by atoms with Gasteiger partial charge >= 0.3 is 0 Å². The zero-order valence-corrected chi connectivity index (χ0v) is 19.8. The van der Waals surface area contributed by atoms with E-state index in [0.29, 0.717) is 5.33 Å². The second-order valence-corrected chi connectivity index (χ2v) is 20.7. The van der Waals surface area contributed by atoms with Crippen molar-refractivity contribution in [3.8, 4) is 11.5 Å². The minimum absolute atomic E-state index is 0.0389. The molecule has 0 aromatic heterocycles. The molecule has 1 aromatic rings. The average molecular weight is 394 g/mol. The van der Waals surface area contributed by atoms with E-state index in [0.717, 1.165) is 5.56 Å². The Labute approximate surface area is 156 Å². The fourth-order valence-electron chi connectivity index (χ4n) is 1.78. The Morgan fingerprint density at radius 3 is 1.88 bits per heavy atom. The van der Waals surface area contributed by atoms with E-state index in [4.69, 9.17) is 0 Å². The summed E-state index contributed by atoms with van der Waals surface area (Å²) in [5, 5.41) is 0.533. The number of aryl methyl sites for hydroxylation is 1. The quantitative estimate of drug-likeness (QED) is 0.410. The first-order chi connectivity index (χ1) is 11.1. The van der Waals surface area contributed by atoms with Crippen LogP contribution in [0.2, 0.25) is 37.8 Å². The standard InChI is InChI=1S/C19H31NO2SSi2/c1-16-10-12-17(13-11-16)23(21,22)20-18(14-15-24(5,6)7)25(8,9)19(2,3)4/h10-13H,1-9H3/b20-18+. The summed E-state index contributed by atoms with van der Waals surface area (Å²) in [6.45, 7) is 19.1. The normalized spacial score (nSPS) is 14.0. The Morgan fingerprint density at radius 2 is 1.48 bits per heavy atom. The molecule has 0 atom stereocenters. The molecule has 0 amide bonds. The van der Waals surface area contributed by atoms with Crippen LogP contribution in [0.3, 0.4) is 0 Å². The topological polar surface area (TPSA) is 46.5 Å². The Morgan fingerprint density at radius 1 is 1.00 bits per heavy atom. The highest BCUT2D eigenvalue weighted by molar-refractivity contribution is 7.90. The van der Waals surface area contributed by atoms with Gasteiger partial charge in [0.25, 0.3) is 10.0 Å². The first kappa shape index (κ1) is 21.9. The van der Waals surface area contributed by atoms with Crippen molar-refractivity contribution in [3.05, 3.63) is 29.8 Å². The first-order valence-electron chi connectivity index (χ1n) is 8.52. The smallest absolute Gasteiger partial charge is 0.199 e. The van der Waals surface area contributed by atoms with Gasteiger partial charge in [-0.25, -0.2) is 0 Å². The van der Waals surface area contributed by atoms with Gasteiger partial charge in [0.05, 0.1) is 10.2 Å². The molecule has 1 aromatic carbocycles. The van der Waals surface area contributed by atoms with Gasteiger partial charge in [-0.05, 0) is 24.1 Å². The number of sulfonamides is 1. The van der Waals surface area contributed by atoms with Crippen LogP contribution < -0.4 is 0 Å². The van der Waals surface area contributed by atoms with E-state index in [1.165, 1.54) is 0 Å². The molecule has 0 radical (unpaired) electrons. The van der Waals surface area contributed by atoms with Gasteiger partial charge in [0, 0.05) is 0 Å². The molecule has 0 bridgehead atoms. The predicted molar refractivity (Wildman–Crippen MR) is 114 cm³/mol. The number of nitrogens with zero attached hydrogens (tertiary/aromatic N) is 1. The lowest BCUT2D eigenvalue weighted by Crippen LogP contribution is -2.46. The molecule has 0 spiro atoms. The van der Waals surface area contributed by atoms with Gasteiger partial charge in [0.15, 0.2) is 0 Å². The summed E-state index contributed by atoms with van der Waals surface area (Å²) in [7, 11) is -7.55. The van der Waals surface area contributed by atoms with E-state index in [9.17, 15) is 8.42 Å². The minimum Gasteiger partial charge on any atom is -0.199 e. The van der Waals surface area contributed by atoms with Crippen molar-refractivity contribution < 1.29 is 8.42 Å². The Hall–Kier alpha value is -1.17. The molecule has 0 fully saturated rings. The lowest BCUT2D eigenvalue weighted by molar-refractivity contribution is 0.598. The van der Waals surface area contributed by atoms with Gasteiger partial charge in [-0.2, -0.15) is 12.8 Å². The summed E-state index contributed by atoms with van der Waals surface area (Å²) in [4.78, 5) is 0.226. The highest BCUT2D eigenvalue weighted by atomic mass is 32.2. The zero-order chi connectivity index (χ0) is 19.7. The van der Waals surface area contributed by atoms with Crippen LogP contribution in [0.1, 0.15) is 26.3 Å². The average Bonchev–Trinajstić information content (AvgIpc) is 2.41. The second kappa shape index (κ2) is 7.22. The summed E-state index contributed by atoms with van der Waals surface area (Å²) >= 11 is 0. The maximum atomic E-state index is 12.8. The predicted octanol–water partition coefficient (Wildman–Crippen LogP) is 5.05. The lowest BCUT2D eigenvalue weighted by atomic mass is 10.2. The van der Waals surface area contributed by atoms with E-state index >= 15 is 0 Å². The zero-order valence-electron chi connectivity index (χ0n) is 17.0. The summed E-state index contributed by atoms with van der Waals surface area (Å²) in [5.74, 6) is 3.19. The van der Waals surface area contributed by atoms with Gasteiger partial charge in [0.2, 0.25) is 0 Å². The number of rotatable bonds is 3. The van der Waals surface area contributed by atoms with E-state index in [2.05, 4.69) is 69.4 Å². The van der Waals surface area contributed by atoms with Crippen LogP contribution in [-0.2, 0) is 10.0 Å². The highest BCUT2D eigenvalue weighted by Gasteiger charge is 2.41. The monoisotopic (exact) mass is 393 g/mol. The van der Waals surface area contributed by atoms with Gasteiger partial charge in [-0.15, -0.1) is 5.54 Å². The third-order valence-electron chi connectivity index (χ3n) is 4.55. The van der Waals surface area contributed by atoms with Crippen LogP contribution in [0.25, 0.3) is 0 Å². The SMILES string of the molecule is Cc1ccc(S(=O)(=O)/N=C(\C#C[Si](C)(C)C)[Si](C)(C)C(C)(C)C)cc1. The molecular formula is C19H31NO2SSi2. The van der Waals surface area contributed by atoms with Crippen molar-refractivity contribution in [2.24, 2.45) is 4.40 Å². The molecule has 0 heterocycles. The minimum atomic E-state index is -3.75. The van der Waals surface area contributed by atoms with Gasteiger partial charge < -0.3 is 0 Å². The highest BCUT2D eigenvalue weighted by Crippen LogP contribution is 2.37. The maximum absolute atomic E-state index is 12.8. The summed E-state index contributed by atoms with van der Waals surface area (Å²) in [5.41, 5.74) is 4.33. The second-order valence-electron chi connectivity index (χ2n) is 9.10. The Bertz CT molecular complexity index is 813. The largest absolute Gasteiger partial charge is 0.282 e. The van der Waals surface area contributed by atoms with Gasteiger partial charge in [0.1, 0.15) is 16.1 Å². The van der Waals surface area contributed by atoms with Crippen LogP contribution in [0.5, 0.6) is 0 Å². The number of hydrogen-bond donors (Lipinski definition) is 0. The molecule has 6 heteroatoms. The van der Waals surface area contributed by atoms with Crippen molar-refractivity contribution in [1.29, 1.82) is 0 Å². The van der Waals surface area contributed by atoms with E-state index in [1.807, 2.05) is 6.92 Å². The van der Waals surface area contributed by atoms with Gasteiger partial charge in [-0.1, -0.05) is 77.1 Å². The van der Waals surface area contributed by atoms with Crippen LogP contribution in [-0.4, -0.2) is 29.9 Å². The first-order valence-corrected chi connectivity index (χ1v) is 16.5. The molecule has 3 nitrogen and oxygen atoms in total. The molecule has 0 aliphatic carbocycles. The van der Waals surface area contributed by atoms with Gasteiger partial charge in [-0.3, -0.25) is 0 Å². The number of hydrogen-bond acceptors (Lipinski definition) is 2. The van der Waals surface area contributed by atoms with Crippen LogP contribution in [0.4, 0.5) is 0 Å². The molecule has 0 N–H and O–H groups in total. The van der Waals surface area contributed by atoms with Crippen LogP contribution >= 0.6 is 0 Å². The third kappa shape index (κ3) is 5.94. The molecule has 0 saturated carbocycles. The van der Waals surface area contributed by atoms with Crippen molar-refractivity contribution in [2.75, 3.05) is 0 Å². The van der Waals surface area contributed by atoms with E-state index in [-0.39, 0.29) is 9.93 Å². The maximum Gasteiger partial charge on any atom is 0.282 e. The third-order valence-corrected chi connectivity index (χ3v) is 12.1. The molecule has 138 valence electrons. The molecule has 0 unspecified atom stereocenters. The summed E-state index contributed by atoms with van der Waals surface area (Å²) < 4.78 is 29.9. The molecule has 0 aliphatic heterocycles. The molecule has 0 saturated heterocycles. The fourth-order valence-corrected chi connectivity index (χ4v) is 5.63. The lowest BCUT2D eigenvalue weighted by Gasteiger charge is -2.35. The Balaban J connectivity index is 3.58. The van der Waals surface area contributed by atoms with Crippen molar-refractivity contribution in [2.45, 2.75) is 70.4 Å². The van der Waals surface area contributed by atoms with Crippen LogP contribution in [0, 0.1) is 18.4 Å². The van der Waals surface area contributed by atoms with Crippen molar-refractivity contribution >= 4 is 31.5 Å². The van der Waals surface area contributed by atoms with Crippen molar-refractivity contribution in [3.63, 3.8) is 0 Å². The molecule has 0 aliphatic rings. The van der Waals surface area contributed by atoms with Crippen LogP contribution in [0.15, 0.2) is 33.6 Å².